The largest absolute Gasteiger partial charge is 0.389 e. The zero-order chi connectivity index (χ0) is 12.1. The number of nitrogens with one attached hydrogen (secondary N) is 1. The van der Waals surface area contributed by atoms with Crippen LogP contribution in [0.3, 0.4) is 0 Å². The van der Waals surface area contributed by atoms with Gasteiger partial charge in [-0.05, 0) is 40.5 Å². The van der Waals surface area contributed by atoms with E-state index >= 15 is 0 Å². The predicted molar refractivity (Wildman–Crippen MR) is 65.2 cm³/mol. The molecule has 0 bridgehead atoms. The van der Waals surface area contributed by atoms with Gasteiger partial charge in [-0.2, -0.15) is 0 Å². The molecule has 0 aromatic heterocycles. The van der Waals surface area contributed by atoms with E-state index < -0.39 is 6.10 Å². The second kappa shape index (κ2) is 6.18. The molecule has 1 rings (SSSR count). The summed E-state index contributed by atoms with van der Waals surface area (Å²) in [5.74, 6) is -0.291. The maximum atomic E-state index is 13.1. The lowest BCUT2D eigenvalue weighted by atomic mass is 10.2. The molecular formula is C11H15BrFNO2. The Hall–Kier alpha value is -0.650. The van der Waals surface area contributed by atoms with Gasteiger partial charge in [-0.25, -0.2) is 4.39 Å². The van der Waals surface area contributed by atoms with E-state index in [0.717, 1.165) is 11.3 Å². The van der Waals surface area contributed by atoms with Crippen molar-refractivity contribution in [2.75, 3.05) is 25.6 Å². The normalized spacial score (nSPS) is 12.6. The molecule has 0 radical (unpaired) electrons. The summed E-state index contributed by atoms with van der Waals surface area (Å²) in [6.45, 7) is 2.45. The van der Waals surface area contributed by atoms with Crippen molar-refractivity contribution >= 4 is 21.6 Å². The Kier molecular flexibility index (Phi) is 5.18. The number of anilines is 1. The monoisotopic (exact) mass is 291 g/mol. The number of halogens is 2. The van der Waals surface area contributed by atoms with Crippen molar-refractivity contribution < 1.29 is 14.2 Å². The van der Waals surface area contributed by atoms with E-state index in [0.29, 0.717) is 11.0 Å². The number of hydrogen-bond donors (Lipinski definition) is 2. The highest BCUT2D eigenvalue weighted by Gasteiger charge is 2.07. The molecule has 5 heteroatoms. The summed E-state index contributed by atoms with van der Waals surface area (Å²) in [4.78, 5) is 0. The van der Waals surface area contributed by atoms with Crippen molar-refractivity contribution in [2.24, 2.45) is 0 Å². The minimum atomic E-state index is -0.576. The van der Waals surface area contributed by atoms with E-state index in [9.17, 15) is 9.50 Å². The fourth-order valence-corrected chi connectivity index (χ4v) is 1.66. The summed E-state index contributed by atoms with van der Waals surface area (Å²) in [5.41, 5.74) is 1.59. The van der Waals surface area contributed by atoms with E-state index in [4.69, 9.17) is 4.74 Å². The average Bonchev–Trinajstić information content (AvgIpc) is 2.22. The minimum Gasteiger partial charge on any atom is -0.389 e. The first kappa shape index (κ1) is 13.4. The number of methoxy groups -OCH3 is 1. The third-order valence-corrected chi connectivity index (χ3v) is 2.76. The summed E-state index contributed by atoms with van der Waals surface area (Å²) in [6, 6.07) is 3.10. The van der Waals surface area contributed by atoms with E-state index in [2.05, 4.69) is 21.2 Å². The molecule has 0 saturated carbocycles. The van der Waals surface area contributed by atoms with Gasteiger partial charge in [0.25, 0.3) is 0 Å². The van der Waals surface area contributed by atoms with Crippen LogP contribution in [-0.2, 0) is 4.74 Å². The lowest BCUT2D eigenvalue weighted by molar-refractivity contribution is 0.0727. The van der Waals surface area contributed by atoms with Gasteiger partial charge in [0.1, 0.15) is 5.82 Å². The van der Waals surface area contributed by atoms with Crippen LogP contribution in [0.2, 0.25) is 0 Å². The highest BCUT2D eigenvalue weighted by Crippen LogP contribution is 2.24. The maximum Gasteiger partial charge on any atom is 0.137 e. The van der Waals surface area contributed by atoms with Crippen LogP contribution >= 0.6 is 15.9 Å². The van der Waals surface area contributed by atoms with Gasteiger partial charge >= 0.3 is 0 Å². The first-order chi connectivity index (χ1) is 7.54. The Balaban J connectivity index is 2.63. The third-order valence-electron chi connectivity index (χ3n) is 2.15. The summed E-state index contributed by atoms with van der Waals surface area (Å²) in [6.07, 6.45) is -0.576. The summed E-state index contributed by atoms with van der Waals surface area (Å²) in [5, 5.41) is 12.5. The van der Waals surface area contributed by atoms with Crippen LogP contribution < -0.4 is 5.32 Å². The highest BCUT2D eigenvalue weighted by molar-refractivity contribution is 9.10. The zero-order valence-electron chi connectivity index (χ0n) is 9.26. The lowest BCUT2D eigenvalue weighted by Gasteiger charge is -2.14. The summed E-state index contributed by atoms with van der Waals surface area (Å²) in [7, 11) is 1.53. The van der Waals surface area contributed by atoms with Crippen LogP contribution in [0.1, 0.15) is 5.56 Å². The molecule has 1 aromatic carbocycles. The summed E-state index contributed by atoms with van der Waals surface area (Å²) >= 11 is 3.12. The third kappa shape index (κ3) is 3.73. The molecular weight excluding hydrogens is 277 g/mol. The van der Waals surface area contributed by atoms with Gasteiger partial charge in [-0.1, -0.05) is 0 Å². The zero-order valence-corrected chi connectivity index (χ0v) is 10.8. The van der Waals surface area contributed by atoms with Crippen molar-refractivity contribution in [2.45, 2.75) is 13.0 Å². The molecule has 0 aliphatic carbocycles. The Labute approximate surface area is 103 Å². The molecule has 3 nitrogen and oxygen atoms in total. The van der Waals surface area contributed by atoms with E-state index in [1.165, 1.54) is 13.2 Å². The lowest BCUT2D eigenvalue weighted by Crippen LogP contribution is -2.24. The van der Waals surface area contributed by atoms with Crippen LogP contribution in [-0.4, -0.2) is 31.5 Å². The van der Waals surface area contributed by atoms with Crippen molar-refractivity contribution in [3.63, 3.8) is 0 Å². The maximum absolute atomic E-state index is 13.1. The van der Waals surface area contributed by atoms with E-state index in [1.807, 2.05) is 0 Å². The number of ether oxygens (including phenoxy) is 1. The van der Waals surface area contributed by atoms with Crippen LogP contribution in [0.15, 0.2) is 16.6 Å². The molecule has 1 atom stereocenters. The summed E-state index contributed by atoms with van der Waals surface area (Å²) < 4.78 is 18.3. The minimum absolute atomic E-state index is 0.272. The van der Waals surface area contributed by atoms with Crippen LogP contribution in [0, 0.1) is 12.7 Å². The van der Waals surface area contributed by atoms with Crippen molar-refractivity contribution in [1.29, 1.82) is 0 Å². The topological polar surface area (TPSA) is 41.5 Å². The number of aryl methyl sites for hydroxylation is 1. The second-order valence-corrected chi connectivity index (χ2v) is 4.43. The SMILES string of the molecule is COCC(O)CNc1cc(Br)c(F)cc1C. The first-order valence-corrected chi connectivity index (χ1v) is 5.70. The number of rotatable bonds is 5. The average molecular weight is 292 g/mol. The first-order valence-electron chi connectivity index (χ1n) is 4.91. The molecule has 1 aromatic rings. The molecule has 0 saturated heterocycles. The fraction of sp³-hybridized carbons (Fsp3) is 0.455. The molecule has 0 heterocycles. The molecule has 2 N–H and O–H groups in total. The standard InChI is InChI=1S/C11H15BrFNO2/c1-7-3-10(13)9(12)4-11(7)14-5-8(15)6-16-2/h3-4,8,14-15H,5-6H2,1-2H3. The van der Waals surface area contributed by atoms with Gasteiger partial charge in [0, 0.05) is 19.3 Å². The fourth-order valence-electron chi connectivity index (χ4n) is 1.32. The van der Waals surface area contributed by atoms with Gasteiger partial charge in [0.05, 0.1) is 17.2 Å². The van der Waals surface area contributed by atoms with Crippen LogP contribution in [0.5, 0.6) is 0 Å². The quantitative estimate of drug-likeness (QED) is 0.875. The second-order valence-electron chi connectivity index (χ2n) is 3.57. The van der Waals surface area contributed by atoms with Gasteiger partial charge in [0.15, 0.2) is 0 Å². The number of aliphatic hydroxyl groups is 1. The number of aliphatic hydroxyl groups excluding tert-OH is 1. The van der Waals surface area contributed by atoms with Crippen LogP contribution in [0.25, 0.3) is 0 Å². The van der Waals surface area contributed by atoms with E-state index in [1.54, 1.807) is 13.0 Å². The number of hydrogen-bond acceptors (Lipinski definition) is 3. The van der Waals surface area contributed by atoms with Crippen molar-refractivity contribution in [3.05, 3.63) is 28.0 Å². The molecule has 0 amide bonds. The van der Waals surface area contributed by atoms with Gasteiger partial charge in [-0.3, -0.25) is 0 Å². The smallest absolute Gasteiger partial charge is 0.137 e. The van der Waals surface area contributed by atoms with Gasteiger partial charge in [0.2, 0.25) is 0 Å². The molecule has 0 aliphatic heterocycles. The Morgan fingerprint density at radius 3 is 2.88 bits per heavy atom. The highest BCUT2D eigenvalue weighted by atomic mass is 79.9. The molecule has 1 unspecified atom stereocenters. The van der Waals surface area contributed by atoms with E-state index in [-0.39, 0.29) is 12.4 Å². The Morgan fingerprint density at radius 1 is 1.56 bits per heavy atom. The van der Waals surface area contributed by atoms with Gasteiger partial charge in [-0.15, -0.1) is 0 Å². The van der Waals surface area contributed by atoms with Crippen LogP contribution in [0.4, 0.5) is 10.1 Å². The molecule has 0 spiro atoms. The van der Waals surface area contributed by atoms with Crippen molar-refractivity contribution in [1.82, 2.24) is 0 Å². The molecule has 0 aliphatic rings. The molecule has 16 heavy (non-hydrogen) atoms. The predicted octanol–water partition coefficient (Wildman–Crippen LogP) is 2.32. The molecule has 0 fully saturated rings. The Bertz CT molecular complexity index is 360. The van der Waals surface area contributed by atoms with Crippen molar-refractivity contribution in [3.8, 4) is 0 Å². The Morgan fingerprint density at radius 2 is 2.25 bits per heavy atom. The van der Waals surface area contributed by atoms with Gasteiger partial charge < -0.3 is 15.2 Å². The number of benzene rings is 1. The molecule has 90 valence electrons.